The molecule has 0 aliphatic rings. The molecule has 0 radical (unpaired) electrons. The van der Waals surface area contributed by atoms with E-state index in [9.17, 15) is 9.59 Å². The minimum atomic E-state index is -0.646. The highest BCUT2D eigenvalue weighted by atomic mass is 32.1. The number of aromatic nitrogens is 2. The summed E-state index contributed by atoms with van der Waals surface area (Å²) in [6, 6.07) is 8.78. The number of nitrogens with one attached hydrogen (secondary N) is 3. The molecule has 0 fully saturated rings. The summed E-state index contributed by atoms with van der Waals surface area (Å²) in [5, 5.41) is 8.79. The summed E-state index contributed by atoms with van der Waals surface area (Å²) in [7, 11) is 0. The van der Waals surface area contributed by atoms with Crippen molar-refractivity contribution >= 4 is 39.2 Å². The van der Waals surface area contributed by atoms with Gasteiger partial charge in [-0.25, -0.2) is 4.98 Å². The first-order valence-corrected chi connectivity index (χ1v) is 8.51. The van der Waals surface area contributed by atoms with Crippen LogP contribution in [0, 0.1) is 5.92 Å². The van der Waals surface area contributed by atoms with Crippen molar-refractivity contribution in [3.05, 3.63) is 47.6 Å². The van der Waals surface area contributed by atoms with Gasteiger partial charge in [0.2, 0.25) is 5.91 Å². The van der Waals surface area contributed by atoms with Gasteiger partial charge >= 0.3 is 0 Å². The van der Waals surface area contributed by atoms with Gasteiger partial charge < -0.3 is 15.6 Å². The van der Waals surface area contributed by atoms with Gasteiger partial charge in [-0.05, 0) is 18.1 Å². The third-order valence-corrected chi connectivity index (χ3v) is 4.36. The lowest BCUT2D eigenvalue weighted by Crippen LogP contribution is -2.47. The zero-order valence-electron chi connectivity index (χ0n) is 13.4. The van der Waals surface area contributed by atoms with Crippen LogP contribution in [0.1, 0.15) is 24.3 Å². The van der Waals surface area contributed by atoms with Gasteiger partial charge in [-0.3, -0.25) is 9.59 Å². The van der Waals surface area contributed by atoms with E-state index in [-0.39, 0.29) is 17.7 Å². The molecule has 7 heteroatoms. The molecule has 0 aliphatic carbocycles. The second-order valence-electron chi connectivity index (χ2n) is 5.79. The molecule has 3 aromatic rings. The average Bonchev–Trinajstić information content (AvgIpc) is 3.20. The van der Waals surface area contributed by atoms with E-state index in [0.717, 1.165) is 10.9 Å². The number of benzene rings is 1. The molecule has 2 amide bonds. The summed E-state index contributed by atoms with van der Waals surface area (Å²) >= 11 is 1.34. The van der Waals surface area contributed by atoms with E-state index in [0.29, 0.717) is 10.8 Å². The summed E-state index contributed by atoms with van der Waals surface area (Å²) in [6.45, 7) is 3.77. The second kappa shape index (κ2) is 6.84. The van der Waals surface area contributed by atoms with Gasteiger partial charge in [0.1, 0.15) is 11.7 Å². The second-order valence-corrected chi connectivity index (χ2v) is 6.69. The molecule has 0 saturated heterocycles. The molecular weight excluding hydrogens is 324 g/mol. The Kier molecular flexibility index (Phi) is 4.61. The van der Waals surface area contributed by atoms with Crippen LogP contribution in [0.25, 0.3) is 10.9 Å². The summed E-state index contributed by atoms with van der Waals surface area (Å²) in [4.78, 5) is 32.0. The van der Waals surface area contributed by atoms with Gasteiger partial charge in [0.25, 0.3) is 5.91 Å². The largest absolute Gasteiger partial charge is 0.351 e. The van der Waals surface area contributed by atoms with Crippen LogP contribution in [0.5, 0.6) is 0 Å². The van der Waals surface area contributed by atoms with Crippen molar-refractivity contribution in [3.8, 4) is 0 Å². The van der Waals surface area contributed by atoms with Crippen LogP contribution in [0.4, 0.5) is 5.13 Å². The third kappa shape index (κ3) is 3.46. The number of H-pyrrole nitrogens is 1. The van der Waals surface area contributed by atoms with Crippen LogP contribution < -0.4 is 10.6 Å². The SMILES string of the molecule is CC(C)[C@H](NC(=O)c1cc2ccccc2[nH]1)C(=O)Nc1nccs1. The zero-order valence-corrected chi connectivity index (χ0v) is 14.2. The number of nitrogens with zero attached hydrogens (tertiary/aromatic N) is 1. The van der Waals surface area contributed by atoms with Crippen molar-refractivity contribution in [3.63, 3.8) is 0 Å². The lowest BCUT2D eigenvalue weighted by molar-refractivity contribution is -0.118. The highest BCUT2D eigenvalue weighted by Gasteiger charge is 2.25. The first-order chi connectivity index (χ1) is 11.5. The molecule has 3 rings (SSSR count). The maximum absolute atomic E-state index is 12.5. The molecule has 0 saturated carbocycles. The smallest absolute Gasteiger partial charge is 0.268 e. The molecule has 1 aromatic carbocycles. The number of fused-ring (bicyclic) bond motifs is 1. The van der Waals surface area contributed by atoms with Gasteiger partial charge in [0, 0.05) is 22.5 Å². The molecule has 2 heterocycles. The van der Waals surface area contributed by atoms with Crippen LogP contribution in [0.2, 0.25) is 0 Å². The minimum absolute atomic E-state index is 0.0571. The van der Waals surface area contributed by atoms with Gasteiger partial charge in [-0.2, -0.15) is 0 Å². The average molecular weight is 342 g/mol. The Bertz CT molecular complexity index is 821. The number of amides is 2. The van der Waals surface area contributed by atoms with Crippen LogP contribution >= 0.6 is 11.3 Å². The van der Waals surface area contributed by atoms with E-state index in [2.05, 4.69) is 20.6 Å². The molecule has 1 atom stereocenters. The number of rotatable bonds is 5. The van der Waals surface area contributed by atoms with Gasteiger partial charge in [0.15, 0.2) is 5.13 Å². The van der Waals surface area contributed by atoms with Crippen molar-refractivity contribution < 1.29 is 9.59 Å². The topological polar surface area (TPSA) is 86.9 Å². The molecule has 0 aliphatic heterocycles. The molecule has 0 bridgehead atoms. The van der Waals surface area contributed by atoms with Crippen molar-refractivity contribution in [1.29, 1.82) is 0 Å². The lowest BCUT2D eigenvalue weighted by Gasteiger charge is -2.20. The van der Waals surface area contributed by atoms with E-state index < -0.39 is 6.04 Å². The number of carbonyl (C=O) groups is 2. The zero-order chi connectivity index (χ0) is 17.1. The fourth-order valence-corrected chi connectivity index (χ4v) is 2.95. The number of thiazole rings is 1. The fourth-order valence-electron chi connectivity index (χ4n) is 2.42. The number of para-hydroxylation sites is 1. The lowest BCUT2D eigenvalue weighted by atomic mass is 10.0. The van der Waals surface area contributed by atoms with Crippen molar-refractivity contribution in [2.45, 2.75) is 19.9 Å². The van der Waals surface area contributed by atoms with Crippen molar-refractivity contribution in [2.24, 2.45) is 5.92 Å². The Morgan fingerprint density at radius 2 is 2.04 bits per heavy atom. The normalized spacial score (nSPS) is 12.3. The Morgan fingerprint density at radius 3 is 2.71 bits per heavy atom. The molecule has 24 heavy (non-hydrogen) atoms. The van der Waals surface area contributed by atoms with Crippen molar-refractivity contribution in [2.75, 3.05) is 5.32 Å². The molecule has 2 aromatic heterocycles. The summed E-state index contributed by atoms with van der Waals surface area (Å²) in [5.41, 5.74) is 1.32. The maximum atomic E-state index is 12.5. The van der Waals surface area contributed by atoms with Crippen LogP contribution in [0.15, 0.2) is 41.9 Å². The number of carbonyl (C=O) groups excluding carboxylic acids is 2. The summed E-state index contributed by atoms with van der Waals surface area (Å²) < 4.78 is 0. The molecule has 124 valence electrons. The summed E-state index contributed by atoms with van der Waals surface area (Å²) in [5.74, 6) is -0.637. The fraction of sp³-hybridized carbons (Fsp3) is 0.235. The highest BCUT2D eigenvalue weighted by Crippen LogP contribution is 2.16. The predicted octanol–water partition coefficient (Wildman–Crippen LogP) is 3.02. The first kappa shape index (κ1) is 16.2. The standard InChI is InChI=1S/C17H18N4O2S/c1-10(2)14(16(23)21-17-18-7-8-24-17)20-15(22)13-9-11-5-3-4-6-12(11)19-13/h3-10,14,19H,1-2H3,(H,20,22)(H,18,21,23)/t14-/m0/s1. The Balaban J connectivity index is 1.74. The van der Waals surface area contributed by atoms with E-state index in [1.54, 1.807) is 17.6 Å². The Labute approximate surface area is 143 Å². The Hall–Kier alpha value is -2.67. The highest BCUT2D eigenvalue weighted by molar-refractivity contribution is 7.13. The number of hydrogen-bond donors (Lipinski definition) is 3. The first-order valence-electron chi connectivity index (χ1n) is 7.63. The number of hydrogen-bond acceptors (Lipinski definition) is 4. The van der Waals surface area contributed by atoms with Crippen molar-refractivity contribution in [1.82, 2.24) is 15.3 Å². The number of anilines is 1. The van der Waals surface area contributed by atoms with Gasteiger partial charge in [-0.15, -0.1) is 11.3 Å². The summed E-state index contributed by atoms with van der Waals surface area (Å²) in [6.07, 6.45) is 1.62. The van der Waals surface area contributed by atoms with Gasteiger partial charge in [0.05, 0.1) is 0 Å². The van der Waals surface area contributed by atoms with E-state index in [1.165, 1.54) is 11.3 Å². The molecule has 6 nitrogen and oxygen atoms in total. The molecule has 0 unspecified atom stereocenters. The minimum Gasteiger partial charge on any atom is -0.351 e. The third-order valence-electron chi connectivity index (χ3n) is 3.67. The van der Waals surface area contributed by atoms with E-state index in [1.807, 2.05) is 38.1 Å². The molecule has 3 N–H and O–H groups in total. The van der Waals surface area contributed by atoms with Gasteiger partial charge in [-0.1, -0.05) is 32.0 Å². The number of aromatic amines is 1. The molecule has 0 spiro atoms. The predicted molar refractivity (Wildman–Crippen MR) is 95.1 cm³/mol. The monoisotopic (exact) mass is 342 g/mol. The van der Waals surface area contributed by atoms with E-state index >= 15 is 0 Å². The van der Waals surface area contributed by atoms with Crippen LogP contribution in [-0.4, -0.2) is 27.8 Å². The van der Waals surface area contributed by atoms with Crippen LogP contribution in [0.3, 0.4) is 0 Å². The van der Waals surface area contributed by atoms with E-state index in [4.69, 9.17) is 0 Å². The molecular formula is C17H18N4O2S. The van der Waals surface area contributed by atoms with Crippen LogP contribution in [-0.2, 0) is 4.79 Å². The Morgan fingerprint density at radius 1 is 1.25 bits per heavy atom. The quantitative estimate of drug-likeness (QED) is 0.666. The maximum Gasteiger partial charge on any atom is 0.268 e.